The second-order valence-electron chi connectivity index (χ2n) is 7.97. The molecule has 0 saturated carbocycles. The summed E-state index contributed by atoms with van der Waals surface area (Å²) >= 11 is 3.56. The van der Waals surface area contributed by atoms with Crippen LogP contribution in [-0.4, -0.2) is 0 Å². The molecule has 34 heavy (non-hydrogen) atoms. The van der Waals surface area contributed by atoms with Crippen LogP contribution in [0.1, 0.15) is 25.8 Å². The fourth-order valence-electron chi connectivity index (χ4n) is 3.83. The summed E-state index contributed by atoms with van der Waals surface area (Å²) in [5.74, 6) is 0. The quantitative estimate of drug-likeness (QED) is 0.226. The van der Waals surface area contributed by atoms with Gasteiger partial charge in [-0.3, -0.25) is 0 Å². The molecule has 5 rings (SSSR count). The molecule has 2 aromatic heterocycles. The summed E-state index contributed by atoms with van der Waals surface area (Å²) in [5.41, 5.74) is 5.93. The number of hydrogen-bond donors (Lipinski definition) is 0. The summed E-state index contributed by atoms with van der Waals surface area (Å²) in [5, 5.41) is 2.10. The van der Waals surface area contributed by atoms with Gasteiger partial charge in [0, 0.05) is 31.7 Å². The van der Waals surface area contributed by atoms with Gasteiger partial charge < -0.3 is 4.90 Å². The highest BCUT2D eigenvalue weighted by Gasteiger charge is 2.13. The lowest BCUT2D eigenvalue weighted by atomic mass is 10.1. The highest BCUT2D eigenvalue weighted by molar-refractivity contribution is 7.14. The van der Waals surface area contributed by atoms with Gasteiger partial charge in [-0.1, -0.05) is 60.7 Å². The van der Waals surface area contributed by atoms with E-state index in [9.17, 15) is 0 Å². The molecule has 0 aliphatic carbocycles. The van der Waals surface area contributed by atoms with Crippen molar-refractivity contribution in [3.05, 3.63) is 134 Å². The summed E-state index contributed by atoms with van der Waals surface area (Å²) in [4.78, 5) is 6.11. The summed E-state index contributed by atoms with van der Waals surface area (Å²) in [7, 11) is 0. The van der Waals surface area contributed by atoms with Crippen molar-refractivity contribution in [3.63, 3.8) is 0 Å². The Morgan fingerprint density at radius 2 is 1.21 bits per heavy atom. The summed E-state index contributed by atoms with van der Waals surface area (Å²) < 4.78 is 0. The maximum Gasteiger partial charge on any atom is 0.0490 e. The molecule has 0 aliphatic rings. The summed E-state index contributed by atoms with van der Waals surface area (Å²) in [6.07, 6.45) is 8.74. The molecular weight excluding hydrogens is 450 g/mol. The van der Waals surface area contributed by atoms with Crippen LogP contribution in [0, 0.1) is 6.92 Å². The van der Waals surface area contributed by atoms with Crippen molar-refractivity contribution < 1.29 is 0 Å². The average Bonchev–Trinajstić information content (AvgIpc) is 3.56. The molecule has 1 nitrogen and oxygen atoms in total. The standard InChI is InChI=1S/C31H25NS2/c1-24-8-5-6-12-31(24)32(26-9-3-2-4-10-26)27-16-13-25(14-17-27)15-18-29-21-22-30(34-29)20-19-28-11-7-23-33-28/h2-23H,1H3/b18-15+,20-19+. The summed E-state index contributed by atoms with van der Waals surface area (Å²) in [6.45, 7) is 2.16. The fraction of sp³-hybridized carbons (Fsp3) is 0.0323. The van der Waals surface area contributed by atoms with Crippen LogP contribution in [0.15, 0.2) is 109 Å². The lowest BCUT2D eigenvalue weighted by molar-refractivity contribution is 1.25. The van der Waals surface area contributed by atoms with Crippen LogP contribution in [0.2, 0.25) is 0 Å². The Labute approximate surface area is 209 Å². The van der Waals surface area contributed by atoms with E-state index in [2.05, 4.69) is 145 Å². The van der Waals surface area contributed by atoms with Crippen molar-refractivity contribution in [1.29, 1.82) is 0 Å². The van der Waals surface area contributed by atoms with Crippen LogP contribution in [0.25, 0.3) is 24.3 Å². The van der Waals surface area contributed by atoms with E-state index in [1.54, 1.807) is 22.7 Å². The van der Waals surface area contributed by atoms with E-state index < -0.39 is 0 Å². The van der Waals surface area contributed by atoms with Crippen LogP contribution in [-0.2, 0) is 0 Å². The molecule has 3 heteroatoms. The van der Waals surface area contributed by atoms with Gasteiger partial charge in [-0.05, 0) is 90.2 Å². The molecule has 0 unspecified atom stereocenters. The molecule has 0 N–H and O–H groups in total. The molecule has 166 valence electrons. The number of anilines is 3. The van der Waals surface area contributed by atoms with E-state index in [4.69, 9.17) is 0 Å². The largest absolute Gasteiger partial charge is 0.310 e. The normalized spacial score (nSPS) is 11.4. The molecular formula is C31H25NS2. The Kier molecular flexibility index (Phi) is 6.85. The van der Waals surface area contributed by atoms with E-state index in [-0.39, 0.29) is 0 Å². The first-order valence-electron chi connectivity index (χ1n) is 11.3. The van der Waals surface area contributed by atoms with Gasteiger partial charge in [0.1, 0.15) is 0 Å². The second kappa shape index (κ2) is 10.5. The number of nitrogens with zero attached hydrogens (tertiary/aromatic N) is 1. The Bertz CT molecular complexity index is 1390. The van der Waals surface area contributed by atoms with Gasteiger partial charge in [-0.2, -0.15) is 0 Å². The van der Waals surface area contributed by atoms with Crippen molar-refractivity contribution in [2.24, 2.45) is 0 Å². The van der Waals surface area contributed by atoms with Crippen LogP contribution in [0.5, 0.6) is 0 Å². The number of para-hydroxylation sites is 2. The molecule has 0 bridgehead atoms. The van der Waals surface area contributed by atoms with Crippen LogP contribution in [0.3, 0.4) is 0 Å². The van der Waals surface area contributed by atoms with Crippen LogP contribution >= 0.6 is 22.7 Å². The zero-order valence-corrected chi connectivity index (χ0v) is 20.6. The smallest absolute Gasteiger partial charge is 0.0490 e. The Morgan fingerprint density at radius 3 is 1.91 bits per heavy atom. The first-order chi connectivity index (χ1) is 16.8. The van der Waals surface area contributed by atoms with Gasteiger partial charge in [0.05, 0.1) is 0 Å². The van der Waals surface area contributed by atoms with Gasteiger partial charge in [-0.15, -0.1) is 22.7 Å². The number of rotatable bonds is 7. The van der Waals surface area contributed by atoms with Gasteiger partial charge in [0.25, 0.3) is 0 Å². The van der Waals surface area contributed by atoms with E-state index in [1.807, 2.05) is 0 Å². The SMILES string of the molecule is Cc1ccccc1N(c1ccccc1)c1ccc(/C=C/c2ccc(/C=C/c3cccs3)s2)cc1. The average molecular weight is 476 g/mol. The van der Waals surface area contributed by atoms with Crippen molar-refractivity contribution in [1.82, 2.24) is 0 Å². The highest BCUT2D eigenvalue weighted by Crippen LogP contribution is 2.36. The molecule has 0 aliphatic heterocycles. The van der Waals surface area contributed by atoms with Crippen molar-refractivity contribution in [3.8, 4) is 0 Å². The third kappa shape index (κ3) is 5.28. The van der Waals surface area contributed by atoms with Gasteiger partial charge in [-0.25, -0.2) is 0 Å². The van der Waals surface area contributed by atoms with E-state index in [1.165, 1.54) is 31.4 Å². The molecule has 0 fully saturated rings. The van der Waals surface area contributed by atoms with Crippen molar-refractivity contribution in [2.75, 3.05) is 4.90 Å². The minimum atomic E-state index is 1.15. The van der Waals surface area contributed by atoms with E-state index >= 15 is 0 Å². The first-order valence-corrected chi connectivity index (χ1v) is 13.0. The third-order valence-electron chi connectivity index (χ3n) is 5.56. The van der Waals surface area contributed by atoms with E-state index in [0.29, 0.717) is 0 Å². The molecule has 0 saturated heterocycles. The molecule has 0 spiro atoms. The Morgan fingerprint density at radius 1 is 0.559 bits per heavy atom. The minimum Gasteiger partial charge on any atom is -0.310 e. The zero-order valence-electron chi connectivity index (χ0n) is 19.0. The fourth-order valence-corrected chi connectivity index (χ4v) is 5.26. The number of thiophene rings is 2. The van der Waals surface area contributed by atoms with Gasteiger partial charge in [0.2, 0.25) is 0 Å². The lowest BCUT2D eigenvalue weighted by Gasteiger charge is -2.27. The number of aryl methyl sites for hydroxylation is 1. The lowest BCUT2D eigenvalue weighted by Crippen LogP contribution is -2.11. The molecule has 5 aromatic rings. The monoisotopic (exact) mass is 475 g/mol. The molecule has 0 radical (unpaired) electrons. The maximum absolute atomic E-state index is 2.31. The Hall–Kier alpha value is -3.66. The Balaban J connectivity index is 1.35. The van der Waals surface area contributed by atoms with E-state index in [0.717, 1.165) is 11.4 Å². The number of hydrogen-bond acceptors (Lipinski definition) is 3. The van der Waals surface area contributed by atoms with Crippen LogP contribution in [0.4, 0.5) is 17.1 Å². The van der Waals surface area contributed by atoms with Crippen molar-refractivity contribution in [2.45, 2.75) is 6.92 Å². The maximum atomic E-state index is 2.31. The molecule has 0 amide bonds. The predicted octanol–water partition coefficient (Wildman–Crippen LogP) is 9.93. The number of benzene rings is 3. The minimum absolute atomic E-state index is 1.15. The third-order valence-corrected chi connectivity index (χ3v) is 7.42. The van der Waals surface area contributed by atoms with Gasteiger partial charge in [0.15, 0.2) is 0 Å². The molecule has 3 aromatic carbocycles. The predicted molar refractivity (Wildman–Crippen MR) is 152 cm³/mol. The highest BCUT2D eigenvalue weighted by atomic mass is 32.1. The van der Waals surface area contributed by atoms with Gasteiger partial charge >= 0.3 is 0 Å². The molecule has 0 atom stereocenters. The first kappa shape index (κ1) is 22.1. The zero-order chi connectivity index (χ0) is 23.2. The van der Waals surface area contributed by atoms with Crippen molar-refractivity contribution >= 4 is 64.0 Å². The second-order valence-corrected chi connectivity index (χ2v) is 10.1. The van der Waals surface area contributed by atoms with Crippen LogP contribution < -0.4 is 4.90 Å². The summed E-state index contributed by atoms with van der Waals surface area (Å²) in [6, 6.07) is 36.4. The molecule has 2 heterocycles. The topological polar surface area (TPSA) is 3.24 Å².